The highest BCUT2D eigenvalue weighted by molar-refractivity contribution is 6.70. The Balaban J connectivity index is 2.31. The molecule has 2 aliphatic rings. The number of rotatable bonds is 4. The highest BCUT2D eigenvalue weighted by Crippen LogP contribution is 2.50. The molecular formula is C18H31NO5Si. The van der Waals surface area contributed by atoms with Crippen molar-refractivity contribution in [2.75, 3.05) is 7.11 Å². The van der Waals surface area contributed by atoms with Crippen LogP contribution in [0.15, 0.2) is 12.3 Å². The lowest BCUT2D eigenvalue weighted by atomic mass is 9.78. The molecule has 0 aromatic carbocycles. The summed E-state index contributed by atoms with van der Waals surface area (Å²) in [6, 6.07) is -0.355. The molecule has 2 rings (SSSR count). The molecule has 0 aromatic rings. The lowest BCUT2D eigenvalue weighted by molar-refractivity contribution is -0.147. The second-order valence-electron chi connectivity index (χ2n) is 8.86. The highest BCUT2D eigenvalue weighted by Gasteiger charge is 2.60. The van der Waals surface area contributed by atoms with Crippen LogP contribution in [0.3, 0.4) is 0 Å². The van der Waals surface area contributed by atoms with Gasteiger partial charge >= 0.3 is 12.1 Å². The number of amides is 1. The van der Waals surface area contributed by atoms with E-state index in [0.29, 0.717) is 5.76 Å². The minimum Gasteiger partial charge on any atom is -0.547 e. The molecule has 4 atom stereocenters. The monoisotopic (exact) mass is 369 g/mol. The molecule has 0 saturated carbocycles. The standard InChI is InChI=1S/C18H31NO5Si/c1-11(24-25(6,7)8)14-12-9-10-13(15(14)16(20)22-5)19(12)17(21)23-18(2,3)4/h12-15H,1,9-10H2,2-8H3/t12-,13+,14+,15+/m0/s1. The zero-order valence-corrected chi connectivity index (χ0v) is 17.4. The molecule has 2 fully saturated rings. The van der Waals surface area contributed by atoms with Crippen molar-refractivity contribution < 1.29 is 23.5 Å². The Morgan fingerprint density at radius 1 is 1.08 bits per heavy atom. The third kappa shape index (κ3) is 4.19. The third-order valence-electron chi connectivity index (χ3n) is 4.58. The second kappa shape index (κ2) is 6.66. The molecule has 0 aromatic heterocycles. The van der Waals surface area contributed by atoms with Gasteiger partial charge in [0.15, 0.2) is 0 Å². The Labute approximate surface area is 151 Å². The fraction of sp³-hybridized carbons (Fsp3) is 0.778. The maximum Gasteiger partial charge on any atom is 0.410 e. The summed E-state index contributed by atoms with van der Waals surface area (Å²) in [4.78, 5) is 26.9. The molecule has 7 heteroatoms. The van der Waals surface area contributed by atoms with E-state index in [0.717, 1.165) is 12.8 Å². The average Bonchev–Trinajstić information content (AvgIpc) is 2.98. The molecule has 25 heavy (non-hydrogen) atoms. The van der Waals surface area contributed by atoms with Crippen molar-refractivity contribution in [1.82, 2.24) is 4.90 Å². The molecule has 6 nitrogen and oxygen atoms in total. The SMILES string of the molecule is C=C(O[Si](C)(C)C)[C@H]1[C@H](C(=O)OC)[C@H]2CC[C@@H]1N2C(=O)OC(C)(C)C. The van der Waals surface area contributed by atoms with Gasteiger partial charge in [-0.25, -0.2) is 4.79 Å². The summed E-state index contributed by atoms with van der Waals surface area (Å²) in [5.41, 5.74) is -0.582. The Bertz CT molecular complexity index is 563. The number of carbonyl (C=O) groups excluding carboxylic acids is 2. The molecular weight excluding hydrogens is 338 g/mol. The van der Waals surface area contributed by atoms with Gasteiger partial charge in [0.2, 0.25) is 8.32 Å². The summed E-state index contributed by atoms with van der Waals surface area (Å²) in [5, 5.41) is 0. The first-order valence-electron chi connectivity index (χ1n) is 8.82. The van der Waals surface area contributed by atoms with Gasteiger partial charge in [0.1, 0.15) is 5.60 Å². The van der Waals surface area contributed by atoms with Gasteiger partial charge in [0.05, 0.1) is 24.7 Å². The largest absolute Gasteiger partial charge is 0.547 e. The van der Waals surface area contributed by atoms with E-state index in [1.54, 1.807) is 4.90 Å². The molecule has 2 heterocycles. The zero-order valence-electron chi connectivity index (χ0n) is 16.4. The van der Waals surface area contributed by atoms with Crippen molar-refractivity contribution in [2.45, 2.75) is 70.9 Å². The van der Waals surface area contributed by atoms with E-state index < -0.39 is 19.8 Å². The first-order chi connectivity index (χ1) is 11.4. The van der Waals surface area contributed by atoms with E-state index in [2.05, 4.69) is 26.2 Å². The minimum atomic E-state index is -1.86. The summed E-state index contributed by atoms with van der Waals surface area (Å²) in [7, 11) is -0.483. The average molecular weight is 370 g/mol. The second-order valence-corrected chi connectivity index (χ2v) is 13.3. The molecule has 0 aliphatic carbocycles. The summed E-state index contributed by atoms with van der Waals surface area (Å²) in [6.07, 6.45) is 1.20. The molecule has 0 spiro atoms. The Hall–Kier alpha value is -1.50. The van der Waals surface area contributed by atoms with Crippen molar-refractivity contribution in [3.05, 3.63) is 12.3 Å². The van der Waals surface area contributed by atoms with Crippen LogP contribution >= 0.6 is 0 Å². The van der Waals surface area contributed by atoms with E-state index in [1.165, 1.54) is 7.11 Å². The van der Waals surface area contributed by atoms with Gasteiger partial charge in [0, 0.05) is 12.1 Å². The van der Waals surface area contributed by atoms with Crippen molar-refractivity contribution in [3.8, 4) is 0 Å². The predicted molar refractivity (Wildman–Crippen MR) is 97.5 cm³/mol. The molecule has 2 aliphatic heterocycles. The first-order valence-corrected chi connectivity index (χ1v) is 12.2. The van der Waals surface area contributed by atoms with Gasteiger partial charge in [-0.2, -0.15) is 0 Å². The number of hydrogen-bond acceptors (Lipinski definition) is 5. The summed E-state index contributed by atoms with van der Waals surface area (Å²) in [6.45, 7) is 15.8. The number of methoxy groups -OCH3 is 1. The third-order valence-corrected chi connectivity index (χ3v) is 5.45. The maximum absolute atomic E-state index is 12.7. The highest BCUT2D eigenvalue weighted by atomic mass is 28.4. The van der Waals surface area contributed by atoms with Gasteiger partial charge < -0.3 is 18.8 Å². The lowest BCUT2D eigenvalue weighted by Gasteiger charge is -2.32. The zero-order chi connectivity index (χ0) is 19.2. The van der Waals surface area contributed by atoms with Crippen LogP contribution in [-0.4, -0.2) is 50.1 Å². The van der Waals surface area contributed by atoms with Crippen LogP contribution in [0.5, 0.6) is 0 Å². The number of hydrogen-bond donors (Lipinski definition) is 0. The fourth-order valence-corrected chi connectivity index (χ4v) is 4.87. The van der Waals surface area contributed by atoms with E-state index in [9.17, 15) is 9.59 Å². The number of carbonyl (C=O) groups is 2. The molecule has 2 saturated heterocycles. The number of esters is 1. The molecule has 0 N–H and O–H groups in total. The summed E-state index contributed by atoms with van der Waals surface area (Å²) in [5.74, 6) is -0.410. The van der Waals surface area contributed by atoms with E-state index in [4.69, 9.17) is 13.9 Å². The quantitative estimate of drug-likeness (QED) is 0.431. The molecule has 0 unspecified atom stereocenters. The van der Waals surface area contributed by atoms with Crippen LogP contribution in [0, 0.1) is 11.8 Å². The molecule has 142 valence electrons. The number of fused-ring (bicyclic) bond motifs is 2. The van der Waals surface area contributed by atoms with Crippen molar-refractivity contribution in [1.29, 1.82) is 0 Å². The maximum atomic E-state index is 12.7. The van der Waals surface area contributed by atoms with E-state index >= 15 is 0 Å². The van der Waals surface area contributed by atoms with Crippen LogP contribution in [0.25, 0.3) is 0 Å². The van der Waals surface area contributed by atoms with Crippen molar-refractivity contribution >= 4 is 20.4 Å². The molecule has 1 amide bonds. The van der Waals surface area contributed by atoms with E-state index in [1.807, 2.05) is 20.8 Å². The molecule has 0 radical (unpaired) electrons. The lowest BCUT2D eigenvalue weighted by Crippen LogP contribution is -2.41. The van der Waals surface area contributed by atoms with Crippen LogP contribution in [-0.2, 0) is 18.7 Å². The topological polar surface area (TPSA) is 65.1 Å². The Morgan fingerprint density at radius 2 is 1.60 bits per heavy atom. The predicted octanol–water partition coefficient (Wildman–Crippen LogP) is 3.54. The van der Waals surface area contributed by atoms with Crippen molar-refractivity contribution in [3.63, 3.8) is 0 Å². The van der Waals surface area contributed by atoms with E-state index in [-0.39, 0.29) is 30.1 Å². The number of nitrogens with zero attached hydrogens (tertiary/aromatic N) is 1. The van der Waals surface area contributed by atoms with Crippen LogP contribution in [0.4, 0.5) is 4.79 Å². The molecule has 2 bridgehead atoms. The minimum absolute atomic E-state index is 0.132. The van der Waals surface area contributed by atoms with Gasteiger partial charge in [0.25, 0.3) is 0 Å². The summed E-state index contributed by atoms with van der Waals surface area (Å²) >= 11 is 0. The summed E-state index contributed by atoms with van der Waals surface area (Å²) < 4.78 is 16.7. The number of ether oxygens (including phenoxy) is 2. The first kappa shape index (κ1) is 19.8. The smallest absolute Gasteiger partial charge is 0.410 e. The normalized spacial score (nSPS) is 28.7. The Morgan fingerprint density at radius 3 is 2.04 bits per heavy atom. The van der Waals surface area contributed by atoms with Crippen molar-refractivity contribution in [2.24, 2.45) is 11.8 Å². The van der Waals surface area contributed by atoms with Gasteiger partial charge in [-0.3, -0.25) is 4.79 Å². The Kier molecular flexibility index (Phi) is 5.28. The van der Waals surface area contributed by atoms with Crippen LogP contribution in [0.2, 0.25) is 19.6 Å². The fourth-order valence-electron chi connectivity index (χ4n) is 3.95. The van der Waals surface area contributed by atoms with Crippen LogP contribution in [0.1, 0.15) is 33.6 Å². The van der Waals surface area contributed by atoms with Gasteiger partial charge in [-0.15, -0.1) is 0 Å². The van der Waals surface area contributed by atoms with Crippen LogP contribution < -0.4 is 0 Å². The van der Waals surface area contributed by atoms with Gasteiger partial charge in [-0.1, -0.05) is 6.58 Å². The van der Waals surface area contributed by atoms with Gasteiger partial charge in [-0.05, 0) is 53.3 Å².